The predicted octanol–water partition coefficient (Wildman–Crippen LogP) is 1.43. The molecule has 7 heteroatoms. The van der Waals surface area contributed by atoms with Gasteiger partial charge < -0.3 is 19.6 Å². The van der Waals surface area contributed by atoms with Crippen LogP contribution in [0.2, 0.25) is 0 Å². The molecule has 0 bridgehead atoms. The van der Waals surface area contributed by atoms with Gasteiger partial charge in [0.2, 0.25) is 5.95 Å². The number of aromatic nitrogens is 2. The molecule has 4 rings (SSSR count). The van der Waals surface area contributed by atoms with Crippen LogP contribution in [-0.4, -0.2) is 74.3 Å². The van der Waals surface area contributed by atoms with E-state index in [2.05, 4.69) is 37.7 Å². The highest BCUT2D eigenvalue weighted by atomic mass is 15.3. The van der Waals surface area contributed by atoms with Gasteiger partial charge in [0.25, 0.3) is 0 Å². The van der Waals surface area contributed by atoms with Crippen molar-refractivity contribution in [2.45, 2.75) is 0 Å². The van der Waals surface area contributed by atoms with Crippen LogP contribution in [0.25, 0.3) is 0 Å². The van der Waals surface area contributed by atoms with Crippen molar-refractivity contribution < 1.29 is 0 Å². The van der Waals surface area contributed by atoms with Crippen LogP contribution < -0.4 is 14.7 Å². The molecule has 0 radical (unpaired) electrons. The number of benzene rings is 1. The third-order valence-electron chi connectivity index (χ3n) is 5.38. The lowest BCUT2D eigenvalue weighted by Gasteiger charge is -2.37. The summed E-state index contributed by atoms with van der Waals surface area (Å²) in [6, 6.07) is 12.0. The fourth-order valence-corrected chi connectivity index (χ4v) is 3.61. The smallest absolute Gasteiger partial charge is 0.227 e. The van der Waals surface area contributed by atoms with Gasteiger partial charge in [0, 0.05) is 64.2 Å². The summed E-state index contributed by atoms with van der Waals surface area (Å²) in [4.78, 5) is 18.6. The van der Waals surface area contributed by atoms with Gasteiger partial charge in [-0.3, -0.25) is 0 Å². The second-order valence-electron chi connectivity index (χ2n) is 7.14. The molecule has 7 nitrogen and oxygen atoms in total. The van der Waals surface area contributed by atoms with E-state index in [1.54, 1.807) is 0 Å². The molecule has 140 valence electrons. The minimum absolute atomic E-state index is 0.704. The van der Waals surface area contributed by atoms with E-state index >= 15 is 0 Å². The standard InChI is InChI=1S/C20H25N7/c1-24-8-10-27(11-9-24)20-22-7-6-19(23-20)26-14-12-25(13-15-26)18-4-2-17(16-21)3-5-18/h2-7H,8-15H2,1H3. The molecule has 0 N–H and O–H groups in total. The third-order valence-corrected chi connectivity index (χ3v) is 5.38. The Morgan fingerprint density at radius 1 is 0.815 bits per heavy atom. The number of nitriles is 1. The minimum atomic E-state index is 0.704. The Kier molecular flexibility index (Phi) is 5.07. The van der Waals surface area contributed by atoms with E-state index in [1.807, 2.05) is 36.5 Å². The maximum absolute atomic E-state index is 8.94. The average Bonchev–Trinajstić information content (AvgIpc) is 2.75. The number of piperazine rings is 2. The Balaban J connectivity index is 1.39. The molecule has 2 saturated heterocycles. The first-order valence-corrected chi connectivity index (χ1v) is 9.49. The summed E-state index contributed by atoms with van der Waals surface area (Å²) < 4.78 is 0. The van der Waals surface area contributed by atoms with Crippen LogP contribution in [0.3, 0.4) is 0 Å². The molecular formula is C20H25N7. The van der Waals surface area contributed by atoms with Gasteiger partial charge in [-0.25, -0.2) is 4.98 Å². The van der Waals surface area contributed by atoms with Gasteiger partial charge in [-0.2, -0.15) is 10.2 Å². The molecule has 0 unspecified atom stereocenters. The topological polar surface area (TPSA) is 62.5 Å². The van der Waals surface area contributed by atoms with E-state index in [9.17, 15) is 0 Å². The zero-order valence-electron chi connectivity index (χ0n) is 15.8. The molecule has 0 saturated carbocycles. The van der Waals surface area contributed by atoms with Crippen LogP contribution in [0.15, 0.2) is 36.5 Å². The van der Waals surface area contributed by atoms with Crippen molar-refractivity contribution >= 4 is 17.5 Å². The Morgan fingerprint density at radius 3 is 2.11 bits per heavy atom. The van der Waals surface area contributed by atoms with E-state index in [-0.39, 0.29) is 0 Å². The zero-order chi connectivity index (χ0) is 18.6. The van der Waals surface area contributed by atoms with Crippen LogP contribution in [0.1, 0.15) is 5.56 Å². The number of likely N-dealkylation sites (N-methyl/N-ethyl adjacent to an activating group) is 1. The van der Waals surface area contributed by atoms with E-state index < -0.39 is 0 Å². The Labute approximate surface area is 160 Å². The van der Waals surface area contributed by atoms with Gasteiger partial charge in [0.1, 0.15) is 5.82 Å². The minimum Gasteiger partial charge on any atom is -0.368 e. The lowest BCUT2D eigenvalue weighted by Crippen LogP contribution is -2.47. The molecule has 3 heterocycles. The van der Waals surface area contributed by atoms with Crippen molar-refractivity contribution in [2.24, 2.45) is 0 Å². The molecule has 0 atom stereocenters. The Bertz CT molecular complexity index is 798. The maximum Gasteiger partial charge on any atom is 0.227 e. The summed E-state index contributed by atoms with van der Waals surface area (Å²) in [5, 5.41) is 8.94. The number of nitrogens with zero attached hydrogens (tertiary/aromatic N) is 7. The van der Waals surface area contributed by atoms with E-state index in [0.29, 0.717) is 5.56 Å². The van der Waals surface area contributed by atoms with Crippen LogP contribution in [0, 0.1) is 11.3 Å². The molecule has 0 amide bonds. The monoisotopic (exact) mass is 363 g/mol. The lowest BCUT2D eigenvalue weighted by molar-refractivity contribution is 0.311. The largest absolute Gasteiger partial charge is 0.368 e. The van der Waals surface area contributed by atoms with E-state index in [4.69, 9.17) is 10.2 Å². The van der Waals surface area contributed by atoms with Crippen molar-refractivity contribution in [1.82, 2.24) is 14.9 Å². The molecule has 2 aromatic rings. The van der Waals surface area contributed by atoms with Gasteiger partial charge in [0.15, 0.2) is 0 Å². The summed E-state index contributed by atoms with van der Waals surface area (Å²) in [6.45, 7) is 7.81. The highest BCUT2D eigenvalue weighted by Crippen LogP contribution is 2.21. The summed E-state index contributed by atoms with van der Waals surface area (Å²) in [5.41, 5.74) is 1.88. The molecule has 1 aromatic heterocycles. The Hall–Kier alpha value is -2.85. The second kappa shape index (κ2) is 7.80. The van der Waals surface area contributed by atoms with Crippen molar-refractivity contribution in [1.29, 1.82) is 5.26 Å². The summed E-state index contributed by atoms with van der Waals surface area (Å²) in [7, 11) is 2.15. The van der Waals surface area contributed by atoms with Crippen LogP contribution in [-0.2, 0) is 0 Å². The van der Waals surface area contributed by atoms with Gasteiger partial charge in [0.05, 0.1) is 11.6 Å². The van der Waals surface area contributed by atoms with Crippen LogP contribution in [0.4, 0.5) is 17.5 Å². The van der Waals surface area contributed by atoms with Crippen LogP contribution >= 0.6 is 0 Å². The molecule has 0 spiro atoms. The van der Waals surface area contributed by atoms with Gasteiger partial charge in [-0.1, -0.05) is 0 Å². The van der Waals surface area contributed by atoms with E-state index in [1.165, 1.54) is 5.69 Å². The van der Waals surface area contributed by atoms with Crippen molar-refractivity contribution in [2.75, 3.05) is 74.1 Å². The number of hydrogen-bond acceptors (Lipinski definition) is 7. The highest BCUT2D eigenvalue weighted by molar-refractivity contribution is 5.52. The number of anilines is 3. The molecule has 2 aliphatic rings. The quantitative estimate of drug-likeness (QED) is 0.817. The molecule has 2 aliphatic heterocycles. The SMILES string of the molecule is CN1CCN(c2nccc(N3CCN(c4ccc(C#N)cc4)CC3)n2)CC1. The number of rotatable bonds is 3. The predicted molar refractivity (Wildman–Crippen MR) is 107 cm³/mol. The average molecular weight is 363 g/mol. The maximum atomic E-state index is 8.94. The van der Waals surface area contributed by atoms with Crippen molar-refractivity contribution in [3.8, 4) is 6.07 Å². The van der Waals surface area contributed by atoms with Crippen molar-refractivity contribution in [3.05, 3.63) is 42.1 Å². The highest BCUT2D eigenvalue weighted by Gasteiger charge is 2.21. The lowest BCUT2D eigenvalue weighted by atomic mass is 10.2. The molecular weight excluding hydrogens is 338 g/mol. The Morgan fingerprint density at radius 2 is 1.44 bits per heavy atom. The second-order valence-corrected chi connectivity index (χ2v) is 7.14. The summed E-state index contributed by atoms with van der Waals surface area (Å²) in [5.74, 6) is 1.86. The van der Waals surface area contributed by atoms with E-state index in [0.717, 1.165) is 64.1 Å². The molecule has 2 fully saturated rings. The summed E-state index contributed by atoms with van der Waals surface area (Å²) >= 11 is 0. The normalized spacial score (nSPS) is 18.4. The fourth-order valence-electron chi connectivity index (χ4n) is 3.61. The summed E-state index contributed by atoms with van der Waals surface area (Å²) in [6.07, 6.45) is 1.88. The zero-order valence-corrected chi connectivity index (χ0v) is 15.8. The molecule has 0 aliphatic carbocycles. The fraction of sp³-hybridized carbons (Fsp3) is 0.450. The third kappa shape index (κ3) is 3.96. The molecule has 27 heavy (non-hydrogen) atoms. The number of hydrogen-bond donors (Lipinski definition) is 0. The van der Waals surface area contributed by atoms with Crippen molar-refractivity contribution in [3.63, 3.8) is 0 Å². The van der Waals surface area contributed by atoms with Crippen LogP contribution in [0.5, 0.6) is 0 Å². The first kappa shape index (κ1) is 17.6. The first-order valence-electron chi connectivity index (χ1n) is 9.49. The van der Waals surface area contributed by atoms with Gasteiger partial charge >= 0.3 is 0 Å². The van der Waals surface area contributed by atoms with Gasteiger partial charge in [-0.15, -0.1) is 0 Å². The molecule has 1 aromatic carbocycles. The van der Waals surface area contributed by atoms with Gasteiger partial charge in [-0.05, 0) is 37.4 Å². The first-order chi connectivity index (χ1) is 13.2.